The fourth-order valence-electron chi connectivity index (χ4n) is 2.26. The van der Waals surface area contributed by atoms with Gasteiger partial charge in [-0.05, 0) is 34.1 Å². The minimum atomic E-state index is -1.10. The monoisotopic (exact) mass is 213 g/mol. The van der Waals surface area contributed by atoms with Gasteiger partial charge in [0.05, 0.1) is 0 Å². The molecular formula is C12H23NO2. The molecule has 1 heterocycles. The third-order valence-corrected chi connectivity index (χ3v) is 3.63. The lowest BCUT2D eigenvalue weighted by Gasteiger charge is -2.47. The van der Waals surface area contributed by atoms with Gasteiger partial charge in [0.2, 0.25) is 0 Å². The van der Waals surface area contributed by atoms with E-state index in [4.69, 9.17) is 0 Å². The van der Waals surface area contributed by atoms with Crippen LogP contribution in [0.3, 0.4) is 0 Å². The van der Waals surface area contributed by atoms with Crippen molar-refractivity contribution in [2.24, 2.45) is 5.92 Å². The van der Waals surface area contributed by atoms with Crippen LogP contribution >= 0.6 is 0 Å². The second-order valence-electron chi connectivity index (χ2n) is 5.75. The first-order chi connectivity index (χ1) is 6.68. The Hall–Kier alpha value is -0.410. The number of ketones is 1. The third-order valence-electron chi connectivity index (χ3n) is 3.63. The van der Waals surface area contributed by atoms with Gasteiger partial charge in [0, 0.05) is 24.5 Å². The van der Waals surface area contributed by atoms with Crippen molar-refractivity contribution in [2.75, 3.05) is 13.1 Å². The highest BCUT2D eigenvalue weighted by Crippen LogP contribution is 2.31. The molecule has 0 aromatic heterocycles. The predicted molar refractivity (Wildman–Crippen MR) is 60.7 cm³/mol. The summed E-state index contributed by atoms with van der Waals surface area (Å²) in [6, 6.07) is 0. The van der Waals surface area contributed by atoms with Crippen molar-refractivity contribution >= 4 is 5.78 Å². The summed E-state index contributed by atoms with van der Waals surface area (Å²) in [4.78, 5) is 13.7. The highest BCUT2D eigenvalue weighted by Gasteiger charge is 2.44. The Morgan fingerprint density at radius 2 is 2.00 bits per heavy atom. The van der Waals surface area contributed by atoms with Gasteiger partial charge in [-0.1, -0.05) is 6.92 Å². The molecule has 0 aromatic carbocycles. The lowest BCUT2D eigenvalue weighted by atomic mass is 9.78. The van der Waals surface area contributed by atoms with Gasteiger partial charge in [-0.15, -0.1) is 0 Å². The number of hydrogen-bond acceptors (Lipinski definition) is 3. The van der Waals surface area contributed by atoms with E-state index in [1.165, 1.54) is 6.92 Å². The van der Waals surface area contributed by atoms with Crippen LogP contribution in [0.15, 0.2) is 0 Å². The molecule has 3 heteroatoms. The summed E-state index contributed by atoms with van der Waals surface area (Å²) in [6.45, 7) is 11.5. The maximum absolute atomic E-state index is 11.4. The van der Waals surface area contributed by atoms with Gasteiger partial charge in [-0.3, -0.25) is 9.69 Å². The molecular weight excluding hydrogens is 190 g/mol. The van der Waals surface area contributed by atoms with Crippen molar-refractivity contribution in [3.63, 3.8) is 0 Å². The average Bonchev–Trinajstić information content (AvgIpc) is 2.07. The van der Waals surface area contributed by atoms with E-state index in [0.717, 1.165) is 13.1 Å². The van der Waals surface area contributed by atoms with Crippen molar-refractivity contribution in [1.82, 2.24) is 4.90 Å². The molecule has 88 valence electrons. The molecule has 1 saturated heterocycles. The number of nitrogens with zero attached hydrogens (tertiary/aromatic N) is 1. The molecule has 15 heavy (non-hydrogen) atoms. The molecule has 0 unspecified atom stereocenters. The van der Waals surface area contributed by atoms with Gasteiger partial charge in [-0.25, -0.2) is 0 Å². The molecule has 0 amide bonds. The van der Waals surface area contributed by atoms with Crippen molar-refractivity contribution in [2.45, 2.75) is 52.2 Å². The molecule has 3 nitrogen and oxygen atoms in total. The number of piperidine rings is 1. The molecule has 1 N–H and O–H groups in total. The van der Waals surface area contributed by atoms with E-state index in [1.54, 1.807) is 0 Å². The summed E-state index contributed by atoms with van der Waals surface area (Å²) in [7, 11) is 0. The lowest BCUT2D eigenvalue weighted by molar-refractivity contribution is -0.149. The van der Waals surface area contributed by atoms with Crippen molar-refractivity contribution < 1.29 is 9.90 Å². The van der Waals surface area contributed by atoms with Crippen LogP contribution < -0.4 is 0 Å². The van der Waals surface area contributed by atoms with E-state index in [9.17, 15) is 9.90 Å². The fourth-order valence-corrected chi connectivity index (χ4v) is 2.26. The summed E-state index contributed by atoms with van der Waals surface area (Å²) in [6.07, 6.45) is 0.556. The third kappa shape index (κ3) is 2.40. The van der Waals surface area contributed by atoms with Gasteiger partial charge in [0.15, 0.2) is 5.78 Å². The Balaban J connectivity index is 2.75. The van der Waals surface area contributed by atoms with Crippen molar-refractivity contribution in [1.29, 1.82) is 0 Å². The Kier molecular flexibility index (Phi) is 3.27. The number of aliphatic hydroxyl groups is 1. The minimum Gasteiger partial charge on any atom is -0.382 e. The van der Waals surface area contributed by atoms with Crippen LogP contribution in [-0.4, -0.2) is 40.0 Å². The van der Waals surface area contributed by atoms with Crippen LogP contribution in [0.4, 0.5) is 0 Å². The molecule has 0 saturated carbocycles. The zero-order valence-corrected chi connectivity index (χ0v) is 10.5. The SMILES string of the molecule is CC(=O)[C@]1(O)CCN(C(C)(C)C)C[C@H]1C. The number of Topliss-reactive ketones (excluding diaryl/α,β-unsaturated/α-hetero) is 1. The smallest absolute Gasteiger partial charge is 0.161 e. The van der Waals surface area contributed by atoms with Crippen LogP contribution in [0.2, 0.25) is 0 Å². The second kappa shape index (κ2) is 3.87. The summed E-state index contributed by atoms with van der Waals surface area (Å²) < 4.78 is 0. The second-order valence-corrected chi connectivity index (χ2v) is 5.75. The summed E-state index contributed by atoms with van der Waals surface area (Å²) in [5.41, 5.74) is -0.978. The predicted octanol–water partition coefficient (Wildman–Crippen LogP) is 1.45. The molecule has 0 bridgehead atoms. The summed E-state index contributed by atoms with van der Waals surface area (Å²) >= 11 is 0. The number of carbonyl (C=O) groups excluding carboxylic acids is 1. The van der Waals surface area contributed by atoms with Gasteiger partial charge in [0.1, 0.15) is 5.60 Å². The molecule has 1 aliphatic heterocycles. The number of hydrogen-bond donors (Lipinski definition) is 1. The highest BCUT2D eigenvalue weighted by molar-refractivity contribution is 5.85. The number of rotatable bonds is 1. The van der Waals surface area contributed by atoms with E-state index in [2.05, 4.69) is 25.7 Å². The Labute approximate surface area is 92.5 Å². The summed E-state index contributed by atoms with van der Waals surface area (Å²) in [5, 5.41) is 10.2. The van der Waals surface area contributed by atoms with Crippen LogP contribution in [0, 0.1) is 5.92 Å². The zero-order valence-electron chi connectivity index (χ0n) is 10.5. The van der Waals surface area contributed by atoms with Gasteiger partial charge < -0.3 is 5.11 Å². The minimum absolute atomic E-state index is 0.0166. The normalized spacial score (nSPS) is 34.1. The Morgan fingerprint density at radius 1 is 1.47 bits per heavy atom. The zero-order chi connectivity index (χ0) is 11.9. The van der Waals surface area contributed by atoms with Crippen molar-refractivity contribution in [3.05, 3.63) is 0 Å². The summed E-state index contributed by atoms with van der Waals surface area (Å²) in [5.74, 6) is -0.0773. The standard InChI is InChI=1S/C12H23NO2/c1-9-8-13(11(3,4)5)7-6-12(9,15)10(2)14/h9,15H,6-8H2,1-5H3/t9-,12+/m1/s1. The molecule has 2 atom stereocenters. The van der Waals surface area contributed by atoms with E-state index in [1.807, 2.05) is 6.92 Å². The molecule has 0 aromatic rings. The maximum atomic E-state index is 11.4. The van der Waals surface area contributed by atoms with Crippen molar-refractivity contribution in [3.8, 4) is 0 Å². The highest BCUT2D eigenvalue weighted by atomic mass is 16.3. The Bertz CT molecular complexity index is 257. The van der Waals surface area contributed by atoms with E-state index < -0.39 is 5.60 Å². The number of likely N-dealkylation sites (tertiary alicyclic amines) is 1. The Morgan fingerprint density at radius 3 is 2.33 bits per heavy atom. The molecule has 0 spiro atoms. The maximum Gasteiger partial charge on any atom is 0.161 e. The topological polar surface area (TPSA) is 40.5 Å². The fraction of sp³-hybridized carbons (Fsp3) is 0.917. The van der Waals surface area contributed by atoms with Gasteiger partial charge >= 0.3 is 0 Å². The number of carbonyl (C=O) groups is 1. The van der Waals surface area contributed by atoms with E-state index in [-0.39, 0.29) is 17.2 Å². The van der Waals surface area contributed by atoms with Gasteiger partial charge in [-0.2, -0.15) is 0 Å². The molecule has 0 radical (unpaired) electrons. The van der Waals surface area contributed by atoms with E-state index >= 15 is 0 Å². The first-order valence-corrected chi connectivity index (χ1v) is 5.66. The quantitative estimate of drug-likeness (QED) is 0.716. The molecule has 1 aliphatic rings. The molecule has 0 aliphatic carbocycles. The molecule has 1 rings (SSSR count). The van der Waals surface area contributed by atoms with Gasteiger partial charge in [0.25, 0.3) is 0 Å². The average molecular weight is 213 g/mol. The van der Waals surface area contributed by atoms with Crippen LogP contribution in [0.1, 0.15) is 41.0 Å². The first-order valence-electron chi connectivity index (χ1n) is 5.66. The van der Waals surface area contributed by atoms with Crippen LogP contribution in [0.5, 0.6) is 0 Å². The lowest BCUT2D eigenvalue weighted by Crippen LogP contribution is -2.58. The van der Waals surface area contributed by atoms with Crippen LogP contribution in [-0.2, 0) is 4.79 Å². The van der Waals surface area contributed by atoms with E-state index in [0.29, 0.717) is 6.42 Å². The molecule has 1 fully saturated rings. The largest absolute Gasteiger partial charge is 0.382 e. The van der Waals surface area contributed by atoms with Crippen LogP contribution in [0.25, 0.3) is 0 Å². The first kappa shape index (κ1) is 12.7.